The Hall–Kier alpha value is -0.930. The largest absolute Gasteiger partial charge is 0.374 e. The van der Waals surface area contributed by atoms with E-state index in [0.29, 0.717) is 12.0 Å². The highest BCUT2D eigenvalue weighted by molar-refractivity contribution is 5.31. The number of aryl methyl sites for hydroxylation is 1. The second kappa shape index (κ2) is 6.68. The Labute approximate surface area is 123 Å². The second-order valence-electron chi connectivity index (χ2n) is 5.66. The van der Waals surface area contributed by atoms with Crippen molar-refractivity contribution in [1.29, 1.82) is 0 Å². The van der Waals surface area contributed by atoms with Gasteiger partial charge in [0, 0.05) is 30.5 Å². The molecule has 2 unspecified atom stereocenters. The number of fused-ring (bicyclic) bond motifs is 1. The van der Waals surface area contributed by atoms with E-state index in [4.69, 9.17) is 4.74 Å². The number of hydrogen-bond donors (Lipinski definition) is 1. The molecular weight excluding hydrogens is 248 g/mol. The Balaban J connectivity index is 2.33. The molecule has 20 heavy (non-hydrogen) atoms. The first-order valence-corrected chi connectivity index (χ1v) is 7.97. The Morgan fingerprint density at radius 3 is 2.75 bits per heavy atom. The molecule has 0 aromatic carbocycles. The summed E-state index contributed by atoms with van der Waals surface area (Å²) in [6.45, 7) is 7.32. The highest BCUT2D eigenvalue weighted by Gasteiger charge is 2.43. The van der Waals surface area contributed by atoms with Crippen molar-refractivity contribution in [3.63, 3.8) is 0 Å². The van der Waals surface area contributed by atoms with Crippen LogP contribution in [0.15, 0.2) is 18.3 Å². The van der Waals surface area contributed by atoms with Crippen molar-refractivity contribution < 1.29 is 4.74 Å². The fourth-order valence-electron chi connectivity index (χ4n) is 3.87. The smallest absolute Gasteiger partial charge is 0.0835 e. The predicted octanol–water partition coefficient (Wildman–Crippen LogP) is 3.29. The molecule has 1 aliphatic carbocycles. The highest BCUT2D eigenvalue weighted by Crippen LogP contribution is 2.40. The summed E-state index contributed by atoms with van der Waals surface area (Å²) in [6, 6.07) is 4.59. The average molecular weight is 276 g/mol. The number of ether oxygens (including phenoxy) is 1. The second-order valence-corrected chi connectivity index (χ2v) is 5.66. The van der Waals surface area contributed by atoms with Crippen molar-refractivity contribution >= 4 is 0 Å². The Kier molecular flexibility index (Phi) is 5.17. The lowest BCUT2D eigenvalue weighted by atomic mass is 9.79. The minimum atomic E-state index is -0.0900. The van der Waals surface area contributed by atoms with Crippen LogP contribution in [0.3, 0.4) is 0 Å². The lowest BCUT2D eigenvalue weighted by Crippen LogP contribution is -2.53. The van der Waals surface area contributed by atoms with Gasteiger partial charge in [0.05, 0.1) is 5.60 Å². The topological polar surface area (TPSA) is 34.1 Å². The first kappa shape index (κ1) is 15.5. The van der Waals surface area contributed by atoms with Crippen molar-refractivity contribution in [2.45, 2.75) is 64.0 Å². The molecule has 0 saturated heterocycles. The normalized spacial score (nSPS) is 19.9. The maximum absolute atomic E-state index is 6.22. The third-order valence-corrected chi connectivity index (χ3v) is 4.91. The fraction of sp³-hybridized carbons (Fsp3) is 0.706. The van der Waals surface area contributed by atoms with Gasteiger partial charge >= 0.3 is 0 Å². The molecule has 112 valence electrons. The van der Waals surface area contributed by atoms with Gasteiger partial charge in [0.2, 0.25) is 0 Å². The van der Waals surface area contributed by atoms with E-state index in [2.05, 4.69) is 44.2 Å². The van der Waals surface area contributed by atoms with Crippen LogP contribution in [0.25, 0.3) is 0 Å². The molecule has 0 spiro atoms. The maximum atomic E-state index is 6.22. The number of pyridine rings is 1. The minimum absolute atomic E-state index is 0.0900. The summed E-state index contributed by atoms with van der Waals surface area (Å²) in [7, 11) is 2.06. The van der Waals surface area contributed by atoms with Crippen molar-refractivity contribution in [3.8, 4) is 0 Å². The van der Waals surface area contributed by atoms with Gasteiger partial charge in [-0.3, -0.25) is 4.98 Å². The number of likely N-dealkylation sites (N-methyl/N-ethyl adjacent to an activating group) is 1. The molecule has 3 nitrogen and oxygen atoms in total. The number of nitrogens with one attached hydrogen (secondary N) is 1. The molecule has 3 heteroatoms. The van der Waals surface area contributed by atoms with Gasteiger partial charge in [-0.2, -0.15) is 0 Å². The lowest BCUT2D eigenvalue weighted by Gasteiger charge is -2.42. The van der Waals surface area contributed by atoms with E-state index in [-0.39, 0.29) is 5.60 Å². The molecule has 0 amide bonds. The van der Waals surface area contributed by atoms with Crippen LogP contribution in [0.5, 0.6) is 0 Å². The van der Waals surface area contributed by atoms with E-state index in [1.54, 1.807) is 0 Å². The molecular formula is C17H28N2O. The van der Waals surface area contributed by atoms with Crippen molar-refractivity contribution in [2.24, 2.45) is 0 Å². The lowest BCUT2D eigenvalue weighted by molar-refractivity contribution is -0.0767. The average Bonchev–Trinajstić information content (AvgIpc) is 2.91. The number of aromatic nitrogens is 1. The summed E-state index contributed by atoms with van der Waals surface area (Å²) >= 11 is 0. The summed E-state index contributed by atoms with van der Waals surface area (Å²) < 4.78 is 6.22. The quantitative estimate of drug-likeness (QED) is 0.829. The SMILES string of the molecule is CCOC(CC)(CC)C(NC)C1CCc2cccnc21. The van der Waals surface area contributed by atoms with Crippen molar-refractivity contribution in [2.75, 3.05) is 13.7 Å². The van der Waals surface area contributed by atoms with Gasteiger partial charge in [0.1, 0.15) is 0 Å². The summed E-state index contributed by atoms with van der Waals surface area (Å²) in [6.07, 6.45) is 6.29. The zero-order chi connectivity index (χ0) is 14.6. The summed E-state index contributed by atoms with van der Waals surface area (Å²) in [5.74, 6) is 0.461. The molecule has 0 saturated carbocycles. The van der Waals surface area contributed by atoms with Gasteiger partial charge < -0.3 is 10.1 Å². The Morgan fingerprint density at radius 1 is 1.40 bits per heavy atom. The summed E-state index contributed by atoms with van der Waals surface area (Å²) in [4.78, 5) is 4.66. The molecule has 0 aliphatic heterocycles. The van der Waals surface area contributed by atoms with Crippen LogP contribution < -0.4 is 5.32 Å². The first-order chi connectivity index (χ1) is 9.72. The number of rotatable bonds is 7. The van der Waals surface area contributed by atoms with Crippen LogP contribution in [0.4, 0.5) is 0 Å². The first-order valence-electron chi connectivity index (χ1n) is 7.97. The zero-order valence-electron chi connectivity index (χ0n) is 13.3. The van der Waals surface area contributed by atoms with Crippen LogP contribution in [0, 0.1) is 0 Å². The van der Waals surface area contributed by atoms with Gasteiger partial charge in [0.15, 0.2) is 0 Å². The van der Waals surface area contributed by atoms with Gasteiger partial charge in [-0.25, -0.2) is 0 Å². The molecule has 0 fully saturated rings. The van der Waals surface area contributed by atoms with Gasteiger partial charge in [-0.15, -0.1) is 0 Å². The van der Waals surface area contributed by atoms with Crippen molar-refractivity contribution in [1.82, 2.24) is 10.3 Å². The molecule has 1 heterocycles. The predicted molar refractivity (Wildman–Crippen MR) is 83.1 cm³/mol. The molecule has 1 N–H and O–H groups in total. The summed E-state index contributed by atoms with van der Waals surface area (Å²) in [5.41, 5.74) is 2.60. The van der Waals surface area contributed by atoms with Crippen LogP contribution in [0.1, 0.15) is 57.2 Å². The van der Waals surface area contributed by atoms with E-state index in [1.165, 1.54) is 17.7 Å². The Morgan fingerprint density at radius 2 is 2.15 bits per heavy atom. The number of nitrogens with zero attached hydrogens (tertiary/aromatic N) is 1. The highest BCUT2D eigenvalue weighted by atomic mass is 16.5. The monoisotopic (exact) mass is 276 g/mol. The number of hydrogen-bond acceptors (Lipinski definition) is 3. The van der Waals surface area contributed by atoms with Crippen LogP contribution in [0.2, 0.25) is 0 Å². The molecule has 2 rings (SSSR count). The van der Waals surface area contributed by atoms with E-state index in [0.717, 1.165) is 25.9 Å². The van der Waals surface area contributed by atoms with E-state index < -0.39 is 0 Å². The van der Waals surface area contributed by atoms with Crippen LogP contribution in [-0.2, 0) is 11.2 Å². The van der Waals surface area contributed by atoms with Crippen LogP contribution >= 0.6 is 0 Å². The molecule has 1 aromatic heterocycles. The molecule has 1 aromatic rings. The van der Waals surface area contributed by atoms with E-state index in [1.807, 2.05) is 12.3 Å². The summed E-state index contributed by atoms with van der Waals surface area (Å²) in [5, 5.41) is 3.55. The van der Waals surface area contributed by atoms with E-state index in [9.17, 15) is 0 Å². The molecule has 0 radical (unpaired) electrons. The molecule has 0 bridgehead atoms. The van der Waals surface area contributed by atoms with Crippen LogP contribution in [-0.4, -0.2) is 30.3 Å². The minimum Gasteiger partial charge on any atom is -0.374 e. The maximum Gasteiger partial charge on any atom is 0.0835 e. The third kappa shape index (κ3) is 2.61. The van der Waals surface area contributed by atoms with Gasteiger partial charge in [-0.1, -0.05) is 19.9 Å². The third-order valence-electron chi connectivity index (χ3n) is 4.91. The van der Waals surface area contributed by atoms with E-state index >= 15 is 0 Å². The van der Waals surface area contributed by atoms with Gasteiger partial charge in [0.25, 0.3) is 0 Å². The fourth-order valence-corrected chi connectivity index (χ4v) is 3.87. The van der Waals surface area contributed by atoms with Crippen molar-refractivity contribution in [3.05, 3.63) is 29.6 Å². The van der Waals surface area contributed by atoms with Gasteiger partial charge in [-0.05, 0) is 51.3 Å². The molecule has 1 aliphatic rings. The standard InChI is InChI=1S/C17H28N2O/c1-5-17(6-2,20-7-3)16(18-4)14-11-10-13-9-8-12-19-15(13)14/h8-9,12,14,16,18H,5-7,10-11H2,1-4H3. The Bertz CT molecular complexity index is 429. The molecule has 2 atom stereocenters. The zero-order valence-corrected chi connectivity index (χ0v) is 13.3.